The van der Waals surface area contributed by atoms with Gasteiger partial charge in [-0.3, -0.25) is 9.69 Å². The molecule has 1 heterocycles. The topological polar surface area (TPSA) is 33.5 Å². The zero-order valence-electron chi connectivity index (χ0n) is 9.82. The lowest BCUT2D eigenvalue weighted by Crippen LogP contribution is -2.37. The van der Waals surface area contributed by atoms with Gasteiger partial charge < -0.3 is 4.42 Å². The van der Waals surface area contributed by atoms with Crippen LogP contribution in [0.5, 0.6) is 0 Å². The van der Waals surface area contributed by atoms with Crippen LogP contribution in [0.2, 0.25) is 0 Å². The third-order valence-electron chi connectivity index (χ3n) is 3.39. The fourth-order valence-corrected chi connectivity index (χ4v) is 2.39. The van der Waals surface area contributed by atoms with Gasteiger partial charge in [0.25, 0.3) is 0 Å². The molecule has 1 aliphatic carbocycles. The summed E-state index contributed by atoms with van der Waals surface area (Å²) in [7, 11) is 2.04. The minimum atomic E-state index is 0.0815. The van der Waals surface area contributed by atoms with Crippen LogP contribution in [-0.2, 0) is 0 Å². The normalized spacial score (nSPS) is 17.9. The molecule has 2 rings (SSSR count). The summed E-state index contributed by atoms with van der Waals surface area (Å²) in [5.41, 5.74) is 0. The molecular weight excluding hydrogens is 202 g/mol. The highest BCUT2D eigenvalue weighted by Crippen LogP contribution is 2.21. The average Bonchev–Trinajstić information content (AvgIpc) is 2.83. The Bertz CT molecular complexity index is 326. The van der Waals surface area contributed by atoms with Gasteiger partial charge >= 0.3 is 0 Å². The van der Waals surface area contributed by atoms with E-state index in [0.29, 0.717) is 18.3 Å². The molecule has 1 saturated carbocycles. The van der Waals surface area contributed by atoms with Crippen molar-refractivity contribution in [3.63, 3.8) is 0 Å². The van der Waals surface area contributed by atoms with Crippen molar-refractivity contribution in [1.82, 2.24) is 4.90 Å². The van der Waals surface area contributed by atoms with E-state index in [-0.39, 0.29) is 5.78 Å². The Kier molecular flexibility index (Phi) is 3.78. The van der Waals surface area contributed by atoms with Crippen LogP contribution in [0, 0.1) is 0 Å². The summed E-state index contributed by atoms with van der Waals surface area (Å²) in [6.07, 6.45) is 7.93. The summed E-state index contributed by atoms with van der Waals surface area (Å²) in [6.45, 7) is 0.470. The number of carbonyl (C=O) groups is 1. The highest BCUT2D eigenvalue weighted by Gasteiger charge is 2.21. The summed E-state index contributed by atoms with van der Waals surface area (Å²) in [4.78, 5) is 14.0. The van der Waals surface area contributed by atoms with Crippen molar-refractivity contribution >= 4 is 5.78 Å². The van der Waals surface area contributed by atoms with Crippen LogP contribution in [0.4, 0.5) is 0 Å². The minimum absolute atomic E-state index is 0.0815. The number of likely N-dealkylation sites (N-methyl/N-ethyl adjacent to an activating group) is 1. The number of furan rings is 1. The van der Waals surface area contributed by atoms with Crippen LogP contribution >= 0.6 is 0 Å². The molecular formula is C13H19NO2. The number of rotatable bonds is 4. The first-order valence-electron chi connectivity index (χ1n) is 6.04. The SMILES string of the molecule is CN(CC(=O)c1ccco1)C1CCCCC1. The molecule has 0 N–H and O–H groups in total. The maximum absolute atomic E-state index is 11.8. The summed E-state index contributed by atoms with van der Waals surface area (Å²) in [5.74, 6) is 0.556. The Labute approximate surface area is 96.4 Å². The third-order valence-corrected chi connectivity index (χ3v) is 3.39. The predicted molar refractivity (Wildman–Crippen MR) is 62.5 cm³/mol. The fraction of sp³-hybridized carbons (Fsp3) is 0.615. The molecule has 0 saturated heterocycles. The predicted octanol–water partition coefficient (Wildman–Crippen LogP) is 2.73. The number of hydrogen-bond donors (Lipinski definition) is 0. The first kappa shape index (κ1) is 11.4. The summed E-state index contributed by atoms with van der Waals surface area (Å²) < 4.78 is 5.11. The summed E-state index contributed by atoms with van der Waals surface area (Å²) in [6, 6.07) is 4.07. The molecule has 0 unspecified atom stereocenters. The first-order valence-corrected chi connectivity index (χ1v) is 6.04. The van der Waals surface area contributed by atoms with E-state index in [1.165, 1.54) is 32.1 Å². The quantitative estimate of drug-likeness (QED) is 0.733. The van der Waals surface area contributed by atoms with Crippen LogP contribution in [0.3, 0.4) is 0 Å². The number of hydrogen-bond acceptors (Lipinski definition) is 3. The first-order chi connectivity index (χ1) is 7.77. The smallest absolute Gasteiger partial charge is 0.211 e. The fourth-order valence-electron chi connectivity index (χ4n) is 2.39. The molecule has 3 nitrogen and oxygen atoms in total. The van der Waals surface area contributed by atoms with Crippen molar-refractivity contribution in [3.05, 3.63) is 24.2 Å². The van der Waals surface area contributed by atoms with Crippen molar-refractivity contribution < 1.29 is 9.21 Å². The van der Waals surface area contributed by atoms with Crippen molar-refractivity contribution in [2.75, 3.05) is 13.6 Å². The Morgan fingerprint density at radius 1 is 1.44 bits per heavy atom. The molecule has 0 radical (unpaired) electrons. The van der Waals surface area contributed by atoms with Crippen LogP contribution in [0.1, 0.15) is 42.7 Å². The Hall–Kier alpha value is -1.09. The maximum atomic E-state index is 11.8. The molecule has 1 aromatic heterocycles. The van der Waals surface area contributed by atoms with Crippen molar-refractivity contribution in [2.24, 2.45) is 0 Å². The van der Waals surface area contributed by atoms with Gasteiger partial charge in [-0.1, -0.05) is 19.3 Å². The lowest BCUT2D eigenvalue weighted by atomic mass is 9.94. The lowest BCUT2D eigenvalue weighted by molar-refractivity contribution is 0.0872. The second-order valence-corrected chi connectivity index (χ2v) is 4.61. The van der Waals surface area contributed by atoms with Crippen molar-refractivity contribution in [3.8, 4) is 0 Å². The van der Waals surface area contributed by atoms with E-state index in [0.717, 1.165) is 0 Å². The molecule has 88 valence electrons. The molecule has 0 bridgehead atoms. The van der Waals surface area contributed by atoms with E-state index >= 15 is 0 Å². The van der Waals surface area contributed by atoms with Gasteiger partial charge in [-0.05, 0) is 32.0 Å². The van der Waals surface area contributed by atoms with Crippen molar-refractivity contribution in [2.45, 2.75) is 38.1 Å². The average molecular weight is 221 g/mol. The number of nitrogens with zero attached hydrogens (tertiary/aromatic N) is 1. The summed E-state index contributed by atoms with van der Waals surface area (Å²) in [5, 5.41) is 0. The van der Waals surface area contributed by atoms with Gasteiger partial charge in [0.2, 0.25) is 5.78 Å². The van der Waals surface area contributed by atoms with E-state index < -0.39 is 0 Å². The van der Waals surface area contributed by atoms with Gasteiger partial charge in [-0.25, -0.2) is 0 Å². The zero-order valence-corrected chi connectivity index (χ0v) is 9.82. The molecule has 0 aromatic carbocycles. The largest absolute Gasteiger partial charge is 0.461 e. The van der Waals surface area contributed by atoms with Gasteiger partial charge in [0.15, 0.2) is 5.76 Å². The molecule has 1 aliphatic rings. The molecule has 0 aliphatic heterocycles. The zero-order chi connectivity index (χ0) is 11.4. The van der Waals surface area contributed by atoms with Crippen LogP contribution in [0.25, 0.3) is 0 Å². The van der Waals surface area contributed by atoms with Gasteiger partial charge in [0, 0.05) is 6.04 Å². The van der Waals surface area contributed by atoms with Gasteiger partial charge in [-0.2, -0.15) is 0 Å². The van der Waals surface area contributed by atoms with Gasteiger partial charge in [-0.15, -0.1) is 0 Å². The molecule has 16 heavy (non-hydrogen) atoms. The Balaban J connectivity index is 1.86. The second-order valence-electron chi connectivity index (χ2n) is 4.61. The van der Waals surface area contributed by atoms with Crippen LogP contribution in [-0.4, -0.2) is 30.3 Å². The number of ketones is 1. The van der Waals surface area contributed by atoms with Crippen LogP contribution in [0.15, 0.2) is 22.8 Å². The molecule has 1 fully saturated rings. The van der Waals surface area contributed by atoms with Crippen LogP contribution < -0.4 is 0 Å². The van der Waals surface area contributed by atoms with Gasteiger partial charge in [0.1, 0.15) is 0 Å². The molecule has 0 atom stereocenters. The van der Waals surface area contributed by atoms with E-state index in [9.17, 15) is 4.79 Å². The van der Waals surface area contributed by atoms with E-state index in [1.807, 2.05) is 7.05 Å². The molecule has 0 amide bonds. The molecule has 0 spiro atoms. The standard InChI is InChI=1S/C13H19NO2/c1-14(11-6-3-2-4-7-11)10-12(15)13-8-5-9-16-13/h5,8-9,11H,2-4,6-7,10H2,1H3. The third kappa shape index (κ3) is 2.73. The molecule has 3 heteroatoms. The number of Topliss-reactive ketones (excluding diaryl/α,β-unsaturated/α-hetero) is 1. The highest BCUT2D eigenvalue weighted by atomic mass is 16.3. The van der Waals surface area contributed by atoms with E-state index in [1.54, 1.807) is 18.4 Å². The lowest BCUT2D eigenvalue weighted by Gasteiger charge is -2.30. The van der Waals surface area contributed by atoms with Crippen molar-refractivity contribution in [1.29, 1.82) is 0 Å². The number of carbonyl (C=O) groups excluding carboxylic acids is 1. The highest BCUT2D eigenvalue weighted by molar-refractivity contribution is 5.94. The van der Waals surface area contributed by atoms with E-state index in [4.69, 9.17) is 4.42 Å². The Morgan fingerprint density at radius 3 is 2.81 bits per heavy atom. The second kappa shape index (κ2) is 5.30. The maximum Gasteiger partial charge on any atom is 0.211 e. The summed E-state index contributed by atoms with van der Waals surface area (Å²) >= 11 is 0. The minimum Gasteiger partial charge on any atom is -0.461 e. The monoisotopic (exact) mass is 221 g/mol. The van der Waals surface area contributed by atoms with E-state index in [2.05, 4.69) is 4.90 Å². The van der Waals surface area contributed by atoms with Gasteiger partial charge in [0.05, 0.1) is 12.8 Å². The Morgan fingerprint density at radius 2 is 2.19 bits per heavy atom. The molecule has 1 aromatic rings.